The average Bonchev–Trinajstić information content (AvgIpc) is 2.75. The molecule has 1 aliphatic heterocycles. The summed E-state index contributed by atoms with van der Waals surface area (Å²) in [7, 11) is 0. The summed E-state index contributed by atoms with van der Waals surface area (Å²) in [5, 5.41) is 14.0. The highest BCUT2D eigenvalue weighted by molar-refractivity contribution is 6.29. The molecule has 1 aromatic heterocycles. The zero-order valence-electron chi connectivity index (χ0n) is 11.4. The van der Waals surface area contributed by atoms with Gasteiger partial charge >= 0.3 is 0 Å². The summed E-state index contributed by atoms with van der Waals surface area (Å²) >= 11 is 5.74. The summed E-state index contributed by atoms with van der Waals surface area (Å²) in [6, 6.07) is 3.73. The molecule has 0 amide bonds. The first-order valence-electron chi connectivity index (χ1n) is 6.32. The van der Waals surface area contributed by atoms with Gasteiger partial charge in [0.25, 0.3) is 5.96 Å². The molecule has 108 valence electrons. The Kier molecular flexibility index (Phi) is 4.39. The SMILES string of the molecule is CC(C)N1CCN(Cc2ccc(Cl)nc2)C1=N[N+](=O)[O-]. The van der Waals surface area contributed by atoms with E-state index in [1.807, 2.05) is 29.7 Å². The highest BCUT2D eigenvalue weighted by Crippen LogP contribution is 2.16. The number of nitro groups is 1. The Morgan fingerprint density at radius 1 is 1.50 bits per heavy atom. The second-order valence-corrected chi connectivity index (χ2v) is 5.22. The van der Waals surface area contributed by atoms with Crippen molar-refractivity contribution in [2.24, 2.45) is 5.10 Å². The molecule has 0 N–H and O–H groups in total. The summed E-state index contributed by atoms with van der Waals surface area (Å²) in [4.78, 5) is 18.5. The smallest absolute Gasteiger partial charge is 0.274 e. The van der Waals surface area contributed by atoms with Gasteiger partial charge in [-0.05, 0) is 25.5 Å². The molecule has 0 unspecified atom stereocenters. The molecule has 2 heterocycles. The Bertz CT molecular complexity index is 517. The molecule has 8 heteroatoms. The first-order chi connectivity index (χ1) is 9.47. The standard InChI is InChI=1S/C12H16ClN5O2/c1-9(2)17-6-5-16(12(17)15-18(19)20)8-10-3-4-11(13)14-7-10/h3-4,7,9H,5-6,8H2,1-2H3. The second kappa shape index (κ2) is 6.04. The molecule has 1 aromatic rings. The fourth-order valence-corrected chi connectivity index (χ4v) is 2.27. The normalized spacial score (nSPS) is 17.3. The number of hydrazone groups is 1. The maximum absolute atomic E-state index is 10.7. The van der Waals surface area contributed by atoms with Crippen molar-refractivity contribution in [1.82, 2.24) is 14.8 Å². The van der Waals surface area contributed by atoms with E-state index >= 15 is 0 Å². The van der Waals surface area contributed by atoms with Crippen LogP contribution < -0.4 is 0 Å². The molecular formula is C12H16ClN5O2. The second-order valence-electron chi connectivity index (χ2n) is 4.84. The molecule has 7 nitrogen and oxygen atoms in total. The summed E-state index contributed by atoms with van der Waals surface area (Å²) < 4.78 is 0. The topological polar surface area (TPSA) is 74.9 Å². The summed E-state index contributed by atoms with van der Waals surface area (Å²) in [5.41, 5.74) is 0.941. The number of guanidine groups is 1. The Hall–Kier alpha value is -1.89. The van der Waals surface area contributed by atoms with Crippen LogP contribution in [0.25, 0.3) is 0 Å². The van der Waals surface area contributed by atoms with E-state index in [2.05, 4.69) is 10.1 Å². The quantitative estimate of drug-likeness (QED) is 0.481. The van der Waals surface area contributed by atoms with Crippen molar-refractivity contribution < 1.29 is 5.03 Å². The lowest BCUT2D eigenvalue weighted by atomic mass is 10.3. The van der Waals surface area contributed by atoms with Gasteiger partial charge in [-0.2, -0.15) is 0 Å². The summed E-state index contributed by atoms with van der Waals surface area (Å²) in [6.45, 7) is 5.94. The van der Waals surface area contributed by atoms with Crippen molar-refractivity contribution in [3.63, 3.8) is 0 Å². The number of hydrogen-bond acceptors (Lipinski definition) is 3. The van der Waals surface area contributed by atoms with Crippen LogP contribution in [-0.4, -0.2) is 44.9 Å². The number of aromatic nitrogens is 1. The van der Waals surface area contributed by atoms with Crippen molar-refractivity contribution in [2.75, 3.05) is 13.1 Å². The molecule has 20 heavy (non-hydrogen) atoms. The third-order valence-electron chi connectivity index (χ3n) is 3.11. The van der Waals surface area contributed by atoms with Crippen LogP contribution in [0.1, 0.15) is 19.4 Å². The van der Waals surface area contributed by atoms with Gasteiger partial charge in [0.15, 0.2) is 5.03 Å². The van der Waals surface area contributed by atoms with Crippen LogP contribution in [-0.2, 0) is 6.54 Å². The lowest BCUT2D eigenvalue weighted by Gasteiger charge is -2.23. The van der Waals surface area contributed by atoms with E-state index in [0.717, 1.165) is 12.1 Å². The van der Waals surface area contributed by atoms with Crippen LogP contribution in [0.2, 0.25) is 5.15 Å². The van der Waals surface area contributed by atoms with Crippen LogP contribution in [0, 0.1) is 10.1 Å². The van der Waals surface area contributed by atoms with Gasteiger partial charge in [-0.15, -0.1) is 0 Å². The summed E-state index contributed by atoms with van der Waals surface area (Å²) in [5.74, 6) is 0.403. The van der Waals surface area contributed by atoms with Gasteiger partial charge in [0.2, 0.25) is 0 Å². The monoisotopic (exact) mass is 297 g/mol. The van der Waals surface area contributed by atoms with Gasteiger partial charge in [0.1, 0.15) is 10.3 Å². The van der Waals surface area contributed by atoms with Gasteiger partial charge in [-0.1, -0.05) is 17.7 Å². The first kappa shape index (κ1) is 14.5. The maximum Gasteiger partial charge on any atom is 0.274 e. The molecule has 2 rings (SSSR count). The van der Waals surface area contributed by atoms with Crippen LogP contribution in [0.15, 0.2) is 23.4 Å². The van der Waals surface area contributed by atoms with Crippen molar-refractivity contribution in [3.05, 3.63) is 39.2 Å². The minimum atomic E-state index is -0.650. The predicted molar refractivity (Wildman–Crippen MR) is 75.9 cm³/mol. The molecule has 0 aliphatic carbocycles. The molecule has 1 fully saturated rings. The third kappa shape index (κ3) is 3.36. The lowest BCUT2D eigenvalue weighted by Crippen LogP contribution is -2.38. The Balaban J connectivity index is 2.18. The van der Waals surface area contributed by atoms with Gasteiger partial charge in [-0.3, -0.25) is 0 Å². The van der Waals surface area contributed by atoms with Gasteiger partial charge in [0, 0.05) is 31.9 Å². The Labute approximate surface area is 122 Å². The van der Waals surface area contributed by atoms with Gasteiger partial charge in [0.05, 0.1) is 0 Å². The Morgan fingerprint density at radius 3 is 2.80 bits per heavy atom. The average molecular weight is 298 g/mol. The molecule has 0 atom stereocenters. The summed E-state index contributed by atoms with van der Waals surface area (Å²) in [6.07, 6.45) is 1.67. The van der Waals surface area contributed by atoms with Crippen LogP contribution in [0.5, 0.6) is 0 Å². The van der Waals surface area contributed by atoms with Crippen LogP contribution in [0.3, 0.4) is 0 Å². The molecule has 0 spiro atoms. The fraction of sp³-hybridized carbons (Fsp3) is 0.500. The largest absolute Gasteiger partial charge is 0.333 e. The van der Waals surface area contributed by atoms with Crippen molar-refractivity contribution in [1.29, 1.82) is 0 Å². The number of rotatable bonds is 4. The molecule has 0 aromatic carbocycles. The van der Waals surface area contributed by atoms with Crippen LogP contribution in [0.4, 0.5) is 0 Å². The van der Waals surface area contributed by atoms with Crippen LogP contribution >= 0.6 is 11.6 Å². The fourth-order valence-electron chi connectivity index (χ4n) is 2.16. The minimum absolute atomic E-state index is 0.169. The van der Waals surface area contributed by atoms with Gasteiger partial charge in [-0.25, -0.2) is 15.1 Å². The van der Waals surface area contributed by atoms with Gasteiger partial charge < -0.3 is 9.80 Å². The molecule has 1 saturated heterocycles. The van der Waals surface area contributed by atoms with E-state index in [9.17, 15) is 10.1 Å². The zero-order chi connectivity index (χ0) is 14.7. The molecule has 0 radical (unpaired) electrons. The third-order valence-corrected chi connectivity index (χ3v) is 3.33. The molecule has 1 aliphatic rings. The van der Waals surface area contributed by atoms with Crippen molar-refractivity contribution in [2.45, 2.75) is 26.4 Å². The Morgan fingerprint density at radius 2 is 2.25 bits per heavy atom. The molecule has 0 bridgehead atoms. The molecular weight excluding hydrogens is 282 g/mol. The zero-order valence-corrected chi connectivity index (χ0v) is 12.1. The van der Waals surface area contributed by atoms with E-state index in [4.69, 9.17) is 11.6 Å². The van der Waals surface area contributed by atoms with E-state index < -0.39 is 5.03 Å². The van der Waals surface area contributed by atoms with E-state index in [-0.39, 0.29) is 6.04 Å². The van der Waals surface area contributed by atoms with Crippen molar-refractivity contribution >= 4 is 17.6 Å². The van der Waals surface area contributed by atoms with E-state index in [0.29, 0.717) is 24.2 Å². The highest BCUT2D eigenvalue weighted by atomic mass is 35.5. The molecule has 0 saturated carbocycles. The lowest BCUT2D eigenvalue weighted by molar-refractivity contribution is -0.486. The number of nitrogens with zero attached hydrogens (tertiary/aromatic N) is 5. The van der Waals surface area contributed by atoms with Crippen molar-refractivity contribution in [3.8, 4) is 0 Å². The number of halogens is 1. The van der Waals surface area contributed by atoms with E-state index in [1.165, 1.54) is 0 Å². The predicted octanol–water partition coefficient (Wildman–Crippen LogP) is 1.81. The number of pyridine rings is 1. The highest BCUT2D eigenvalue weighted by Gasteiger charge is 2.31. The number of hydrogen-bond donors (Lipinski definition) is 0. The maximum atomic E-state index is 10.7. The first-order valence-corrected chi connectivity index (χ1v) is 6.70. The van der Waals surface area contributed by atoms with E-state index in [1.54, 1.807) is 12.3 Å². The minimum Gasteiger partial charge on any atom is -0.333 e.